The molecule has 1 aromatic carbocycles. The summed E-state index contributed by atoms with van der Waals surface area (Å²) in [5.74, 6) is -1.20. The zero-order valence-corrected chi connectivity index (χ0v) is 12.4. The summed E-state index contributed by atoms with van der Waals surface area (Å²) in [6, 6.07) is 4.02. The van der Waals surface area contributed by atoms with E-state index in [1.165, 1.54) is 18.2 Å². The van der Waals surface area contributed by atoms with Crippen LogP contribution in [-0.4, -0.2) is 28.1 Å². The van der Waals surface area contributed by atoms with Gasteiger partial charge < -0.3 is 10.4 Å². The second kappa shape index (κ2) is 6.97. The van der Waals surface area contributed by atoms with E-state index < -0.39 is 10.9 Å². The maximum absolute atomic E-state index is 11.3. The number of carbonyl (C=O) groups is 1. The monoisotopic (exact) mass is 319 g/mol. The lowest BCUT2D eigenvalue weighted by molar-refractivity contribution is -0.384. The van der Waals surface area contributed by atoms with Crippen molar-refractivity contribution in [2.75, 3.05) is 11.9 Å². The summed E-state index contributed by atoms with van der Waals surface area (Å²) in [5.41, 5.74) is 7.66. The number of unbranched alkanes of at least 4 members (excludes halogenated alkanes) is 1. The number of nitro benzene ring substituents is 1. The number of hydrogen-bond acceptors (Lipinski definition) is 5. The molecule has 0 aromatic heterocycles. The Morgan fingerprint density at radius 1 is 1.48 bits per heavy atom. The zero-order valence-electron chi connectivity index (χ0n) is 12.4. The molecule has 0 amide bonds. The molecule has 1 aliphatic carbocycles. The van der Waals surface area contributed by atoms with Crippen LogP contribution in [-0.2, 0) is 0 Å². The molecule has 9 heteroatoms. The molecule has 23 heavy (non-hydrogen) atoms. The summed E-state index contributed by atoms with van der Waals surface area (Å²) in [4.78, 5) is 24.6. The van der Waals surface area contributed by atoms with Gasteiger partial charge in [-0.05, 0) is 37.3 Å². The minimum Gasteiger partial charge on any atom is -0.478 e. The molecule has 1 aromatic rings. The number of anilines is 1. The van der Waals surface area contributed by atoms with Crippen LogP contribution >= 0.6 is 0 Å². The van der Waals surface area contributed by atoms with Crippen LogP contribution in [0.5, 0.6) is 0 Å². The molecule has 0 unspecified atom stereocenters. The largest absolute Gasteiger partial charge is 0.478 e. The van der Waals surface area contributed by atoms with Crippen LogP contribution in [0.15, 0.2) is 23.3 Å². The molecule has 0 bridgehead atoms. The van der Waals surface area contributed by atoms with Crippen LogP contribution in [0.3, 0.4) is 0 Å². The lowest BCUT2D eigenvalue weighted by Crippen LogP contribution is -2.23. The van der Waals surface area contributed by atoms with Crippen LogP contribution in [0.4, 0.5) is 11.4 Å². The van der Waals surface area contributed by atoms with Gasteiger partial charge in [-0.1, -0.05) is 17.6 Å². The van der Waals surface area contributed by atoms with Crippen molar-refractivity contribution < 1.29 is 14.8 Å². The molecule has 0 heterocycles. The Labute approximate surface area is 132 Å². The Balaban J connectivity index is 2.13. The van der Waals surface area contributed by atoms with Gasteiger partial charge in [0.05, 0.1) is 10.5 Å². The third-order valence-corrected chi connectivity index (χ3v) is 3.94. The molecule has 1 saturated carbocycles. The van der Waals surface area contributed by atoms with Gasteiger partial charge in [-0.25, -0.2) is 4.79 Å². The van der Waals surface area contributed by atoms with Crippen molar-refractivity contribution in [2.24, 2.45) is 5.11 Å². The fraction of sp³-hybridized carbons (Fsp3) is 0.500. The fourth-order valence-corrected chi connectivity index (χ4v) is 2.55. The Bertz CT molecular complexity index is 633. The molecule has 0 atom stereocenters. The number of aromatic carboxylic acids is 1. The van der Waals surface area contributed by atoms with E-state index in [1.807, 2.05) is 0 Å². The summed E-state index contributed by atoms with van der Waals surface area (Å²) in [5, 5.41) is 27.0. The number of nitrogens with one attached hydrogen (secondary N) is 1. The molecule has 1 fully saturated rings. The van der Waals surface area contributed by atoms with E-state index in [0.29, 0.717) is 6.54 Å². The number of carboxylic acids is 1. The number of azide groups is 1. The van der Waals surface area contributed by atoms with Crippen molar-refractivity contribution in [1.29, 1.82) is 0 Å². The van der Waals surface area contributed by atoms with Crippen molar-refractivity contribution >= 4 is 17.3 Å². The van der Waals surface area contributed by atoms with Crippen LogP contribution < -0.4 is 5.32 Å². The van der Waals surface area contributed by atoms with E-state index in [4.69, 9.17) is 5.53 Å². The van der Waals surface area contributed by atoms with Crippen molar-refractivity contribution in [3.8, 4) is 0 Å². The van der Waals surface area contributed by atoms with Crippen molar-refractivity contribution in [2.45, 2.75) is 37.6 Å². The molecule has 0 radical (unpaired) electrons. The highest BCUT2D eigenvalue weighted by Crippen LogP contribution is 2.45. The number of carboxylic acid groups (broad SMARTS) is 1. The van der Waals surface area contributed by atoms with E-state index in [9.17, 15) is 20.0 Å². The first-order valence-corrected chi connectivity index (χ1v) is 7.29. The van der Waals surface area contributed by atoms with Gasteiger partial charge in [-0.2, -0.15) is 0 Å². The number of hydrogen-bond donors (Lipinski definition) is 2. The van der Waals surface area contributed by atoms with E-state index >= 15 is 0 Å². The summed E-state index contributed by atoms with van der Waals surface area (Å²) < 4.78 is 0. The van der Waals surface area contributed by atoms with Gasteiger partial charge in [0.2, 0.25) is 0 Å². The topological polar surface area (TPSA) is 141 Å². The highest BCUT2D eigenvalue weighted by Gasteiger charge is 2.43. The van der Waals surface area contributed by atoms with Crippen molar-refractivity contribution in [3.05, 3.63) is 44.3 Å². The van der Waals surface area contributed by atoms with Crippen LogP contribution in [0.1, 0.15) is 42.5 Å². The molecule has 0 saturated heterocycles. The van der Waals surface area contributed by atoms with Gasteiger partial charge in [-0.3, -0.25) is 10.1 Å². The fourth-order valence-electron chi connectivity index (χ4n) is 2.55. The molecule has 1 aliphatic rings. The van der Waals surface area contributed by atoms with Crippen LogP contribution in [0.2, 0.25) is 0 Å². The highest BCUT2D eigenvalue weighted by molar-refractivity contribution is 5.97. The predicted molar refractivity (Wildman–Crippen MR) is 83.5 cm³/mol. The Morgan fingerprint density at radius 2 is 2.22 bits per heavy atom. The van der Waals surface area contributed by atoms with Gasteiger partial charge in [-0.15, -0.1) is 0 Å². The van der Waals surface area contributed by atoms with Gasteiger partial charge in [0.15, 0.2) is 0 Å². The minimum atomic E-state index is -1.20. The van der Waals surface area contributed by atoms with E-state index in [-0.39, 0.29) is 22.5 Å². The molecule has 2 rings (SSSR count). The Kier molecular flexibility index (Phi) is 5.02. The number of benzene rings is 1. The van der Waals surface area contributed by atoms with Gasteiger partial charge >= 0.3 is 5.97 Å². The average Bonchev–Trinajstić information content (AvgIpc) is 3.26. The quantitative estimate of drug-likeness (QED) is 0.178. The Hall–Kier alpha value is -2.80. The van der Waals surface area contributed by atoms with Crippen molar-refractivity contribution in [3.63, 3.8) is 0 Å². The third kappa shape index (κ3) is 4.10. The second-order valence-corrected chi connectivity index (χ2v) is 5.58. The smallest absolute Gasteiger partial charge is 0.338 e. The maximum atomic E-state index is 11.3. The first-order chi connectivity index (χ1) is 11.0. The molecule has 9 nitrogen and oxygen atoms in total. The molecule has 0 spiro atoms. The van der Waals surface area contributed by atoms with E-state index in [1.54, 1.807) is 0 Å². The third-order valence-electron chi connectivity index (χ3n) is 3.94. The number of nitrogens with zero attached hydrogens (tertiary/aromatic N) is 4. The number of para-hydroxylation sites is 1. The molecule has 0 aliphatic heterocycles. The normalized spacial score (nSPS) is 14.6. The summed E-state index contributed by atoms with van der Waals surface area (Å²) >= 11 is 0. The first kappa shape index (κ1) is 16.6. The Morgan fingerprint density at radius 3 is 2.78 bits per heavy atom. The summed E-state index contributed by atoms with van der Waals surface area (Å²) in [6.07, 6.45) is 3.95. The summed E-state index contributed by atoms with van der Waals surface area (Å²) in [6.45, 7) is 0.415. The van der Waals surface area contributed by atoms with Crippen LogP contribution in [0.25, 0.3) is 10.4 Å². The first-order valence-electron chi connectivity index (χ1n) is 7.29. The van der Waals surface area contributed by atoms with Gasteiger partial charge in [0, 0.05) is 23.1 Å². The lowest BCUT2D eigenvalue weighted by Gasteiger charge is -2.20. The molecular formula is C14H17N5O4. The molecule has 122 valence electrons. The van der Waals surface area contributed by atoms with Gasteiger partial charge in [0.25, 0.3) is 5.69 Å². The zero-order chi connectivity index (χ0) is 16.9. The van der Waals surface area contributed by atoms with E-state index in [2.05, 4.69) is 15.3 Å². The summed E-state index contributed by atoms with van der Waals surface area (Å²) in [7, 11) is 0. The lowest BCUT2D eigenvalue weighted by atomic mass is 10.0. The number of nitro groups is 1. The number of rotatable bonds is 9. The molecule has 2 N–H and O–H groups in total. The van der Waals surface area contributed by atoms with Crippen molar-refractivity contribution in [1.82, 2.24) is 0 Å². The van der Waals surface area contributed by atoms with Crippen LogP contribution in [0, 0.1) is 10.1 Å². The second-order valence-electron chi connectivity index (χ2n) is 5.58. The minimum absolute atomic E-state index is 0.0672. The molecular weight excluding hydrogens is 302 g/mol. The average molecular weight is 319 g/mol. The SMILES string of the molecule is [N-]=[N+]=NCCCCC1(Nc2c(C(=O)O)cccc2[N+](=O)[O-])CC1. The predicted octanol–water partition coefficient (Wildman–Crippen LogP) is 3.72. The van der Waals surface area contributed by atoms with E-state index in [0.717, 1.165) is 32.1 Å². The van der Waals surface area contributed by atoms with Gasteiger partial charge in [0.1, 0.15) is 5.69 Å². The standard InChI is InChI=1S/C14H17N5O4/c15-18-16-9-2-1-6-14(7-8-14)17-12-10(13(20)21)4-3-5-11(12)19(22)23/h3-5,17H,1-2,6-9H2,(H,20,21). The maximum Gasteiger partial charge on any atom is 0.338 e. The highest BCUT2D eigenvalue weighted by atomic mass is 16.6.